The molecule has 0 aromatic heterocycles. The van der Waals surface area contributed by atoms with Crippen molar-refractivity contribution in [3.63, 3.8) is 0 Å². The molecule has 1 saturated heterocycles. The Morgan fingerprint density at radius 1 is 0.806 bits per heavy atom. The summed E-state index contributed by atoms with van der Waals surface area (Å²) < 4.78 is 21.3. The summed E-state index contributed by atoms with van der Waals surface area (Å²) in [6, 6.07) is 10.9. The molecule has 0 bridgehead atoms. The van der Waals surface area contributed by atoms with E-state index in [1.54, 1.807) is 23.1 Å². The highest BCUT2D eigenvalue weighted by molar-refractivity contribution is 5.97. The number of nitrogens with one attached hydrogen (secondary N) is 1. The molecule has 0 saturated carbocycles. The third kappa shape index (κ3) is 4.22. The number of nitrogens with zero attached hydrogens (tertiary/aromatic N) is 2. The molecule has 9 heteroatoms. The molecule has 0 aliphatic carbocycles. The van der Waals surface area contributed by atoms with Crippen LogP contribution in [-0.4, -0.2) is 67.9 Å². The first-order valence-electron chi connectivity index (χ1n) is 10.2. The monoisotopic (exact) mass is 425 g/mol. The summed E-state index contributed by atoms with van der Waals surface area (Å²) >= 11 is 0. The van der Waals surface area contributed by atoms with Crippen molar-refractivity contribution in [1.29, 1.82) is 0 Å². The van der Waals surface area contributed by atoms with Crippen molar-refractivity contribution in [3.05, 3.63) is 47.5 Å². The molecule has 3 aliphatic rings. The van der Waals surface area contributed by atoms with E-state index in [1.165, 1.54) is 0 Å². The fourth-order valence-electron chi connectivity index (χ4n) is 3.86. The van der Waals surface area contributed by atoms with Crippen LogP contribution >= 0.6 is 0 Å². The van der Waals surface area contributed by atoms with Crippen LogP contribution in [0.3, 0.4) is 0 Å². The Balaban J connectivity index is 1.08. The highest BCUT2D eigenvalue weighted by Crippen LogP contribution is 2.33. The highest BCUT2D eigenvalue weighted by atomic mass is 16.7. The van der Waals surface area contributed by atoms with E-state index in [1.807, 2.05) is 18.2 Å². The zero-order chi connectivity index (χ0) is 21.2. The molecule has 2 aromatic rings. The minimum absolute atomic E-state index is 0.0323. The Hall–Kier alpha value is -3.46. The second-order valence-corrected chi connectivity index (χ2v) is 7.60. The van der Waals surface area contributed by atoms with Crippen molar-refractivity contribution in [2.45, 2.75) is 6.54 Å². The number of benzene rings is 2. The summed E-state index contributed by atoms with van der Waals surface area (Å²) in [7, 11) is 0. The molecule has 9 nitrogen and oxygen atoms in total. The number of hydrogen-bond acceptors (Lipinski definition) is 7. The third-order valence-corrected chi connectivity index (χ3v) is 5.60. The summed E-state index contributed by atoms with van der Waals surface area (Å²) in [5, 5.41) is 2.70. The largest absolute Gasteiger partial charge is 0.454 e. The molecule has 162 valence electrons. The van der Waals surface area contributed by atoms with E-state index in [0.717, 1.165) is 36.7 Å². The lowest BCUT2D eigenvalue weighted by Gasteiger charge is -2.34. The molecule has 31 heavy (non-hydrogen) atoms. The van der Waals surface area contributed by atoms with Crippen LogP contribution in [0.4, 0.5) is 0 Å². The molecule has 1 fully saturated rings. The minimum Gasteiger partial charge on any atom is -0.454 e. The number of ether oxygens (including phenoxy) is 4. The maximum absolute atomic E-state index is 12.5. The molecule has 2 amide bonds. The number of hydrogen-bond donors (Lipinski definition) is 1. The van der Waals surface area contributed by atoms with Gasteiger partial charge in [0.2, 0.25) is 19.5 Å². The first kappa shape index (κ1) is 19.5. The van der Waals surface area contributed by atoms with E-state index in [0.29, 0.717) is 30.2 Å². The van der Waals surface area contributed by atoms with Gasteiger partial charge in [-0.3, -0.25) is 14.5 Å². The Morgan fingerprint density at radius 2 is 1.45 bits per heavy atom. The second kappa shape index (κ2) is 8.35. The molecule has 2 aromatic carbocycles. The predicted octanol–water partition coefficient (Wildman–Crippen LogP) is 1.22. The Bertz CT molecular complexity index is 1000. The van der Waals surface area contributed by atoms with Gasteiger partial charge >= 0.3 is 0 Å². The van der Waals surface area contributed by atoms with Gasteiger partial charge in [-0.1, -0.05) is 6.07 Å². The summed E-state index contributed by atoms with van der Waals surface area (Å²) in [4.78, 5) is 29.0. The van der Waals surface area contributed by atoms with Crippen LogP contribution < -0.4 is 24.3 Å². The third-order valence-electron chi connectivity index (χ3n) is 5.60. The van der Waals surface area contributed by atoms with Gasteiger partial charge in [-0.15, -0.1) is 0 Å². The van der Waals surface area contributed by atoms with Crippen LogP contribution in [0.15, 0.2) is 36.4 Å². The molecule has 5 rings (SSSR count). The van der Waals surface area contributed by atoms with Crippen molar-refractivity contribution < 1.29 is 28.5 Å². The lowest BCUT2D eigenvalue weighted by atomic mass is 10.1. The summed E-state index contributed by atoms with van der Waals surface area (Å²) in [5.74, 6) is 2.32. The van der Waals surface area contributed by atoms with Gasteiger partial charge in [0.05, 0.1) is 6.54 Å². The van der Waals surface area contributed by atoms with Gasteiger partial charge in [0, 0.05) is 38.3 Å². The standard InChI is InChI=1S/C22H23N3O6/c26-21(11-23-22(27)16-2-4-18-20(10-16)31-14-29-18)25-7-5-24(6-8-25)12-15-1-3-17-19(9-15)30-13-28-17/h1-4,9-10H,5-8,11-14H2,(H,23,27). The maximum Gasteiger partial charge on any atom is 0.251 e. The van der Waals surface area contributed by atoms with Gasteiger partial charge in [-0.25, -0.2) is 0 Å². The topological polar surface area (TPSA) is 89.6 Å². The summed E-state index contributed by atoms with van der Waals surface area (Å²) in [6.07, 6.45) is 0. The average molecular weight is 425 g/mol. The zero-order valence-electron chi connectivity index (χ0n) is 17.0. The Labute approximate surface area is 179 Å². The van der Waals surface area contributed by atoms with Crippen molar-refractivity contribution in [1.82, 2.24) is 15.1 Å². The average Bonchev–Trinajstić information content (AvgIpc) is 3.46. The van der Waals surface area contributed by atoms with Crippen LogP contribution in [0.25, 0.3) is 0 Å². The fourth-order valence-corrected chi connectivity index (χ4v) is 3.86. The van der Waals surface area contributed by atoms with E-state index < -0.39 is 0 Å². The van der Waals surface area contributed by atoms with E-state index in [2.05, 4.69) is 10.2 Å². The number of carbonyl (C=O) groups excluding carboxylic acids is 2. The van der Waals surface area contributed by atoms with Gasteiger partial charge in [-0.2, -0.15) is 0 Å². The molecular formula is C22H23N3O6. The van der Waals surface area contributed by atoms with Gasteiger partial charge in [0.25, 0.3) is 5.91 Å². The maximum atomic E-state index is 12.5. The van der Waals surface area contributed by atoms with Crippen LogP contribution in [-0.2, 0) is 11.3 Å². The first-order valence-corrected chi connectivity index (χ1v) is 10.2. The van der Waals surface area contributed by atoms with Crippen molar-refractivity contribution in [2.24, 2.45) is 0 Å². The quantitative estimate of drug-likeness (QED) is 0.770. The number of amides is 2. The SMILES string of the molecule is O=C(NCC(=O)N1CCN(Cc2ccc3c(c2)OCO3)CC1)c1ccc2c(c1)OCO2. The molecule has 0 atom stereocenters. The molecule has 0 spiro atoms. The molecule has 0 radical (unpaired) electrons. The van der Waals surface area contributed by atoms with Crippen LogP contribution in [0, 0.1) is 0 Å². The molecule has 1 N–H and O–H groups in total. The zero-order valence-corrected chi connectivity index (χ0v) is 17.0. The second-order valence-electron chi connectivity index (χ2n) is 7.60. The van der Waals surface area contributed by atoms with E-state index >= 15 is 0 Å². The predicted molar refractivity (Wildman–Crippen MR) is 109 cm³/mol. The normalized spacial score (nSPS) is 17.0. The highest BCUT2D eigenvalue weighted by Gasteiger charge is 2.23. The summed E-state index contributed by atoms with van der Waals surface area (Å²) in [5.41, 5.74) is 1.59. The van der Waals surface area contributed by atoms with Gasteiger partial charge < -0.3 is 29.2 Å². The number of rotatable bonds is 5. The number of fused-ring (bicyclic) bond motifs is 2. The summed E-state index contributed by atoms with van der Waals surface area (Å²) in [6.45, 7) is 3.98. The van der Waals surface area contributed by atoms with Crippen LogP contribution in [0.2, 0.25) is 0 Å². The van der Waals surface area contributed by atoms with E-state index in [-0.39, 0.29) is 31.9 Å². The molecular weight excluding hydrogens is 402 g/mol. The lowest BCUT2D eigenvalue weighted by molar-refractivity contribution is -0.131. The first-order chi connectivity index (χ1) is 15.2. The van der Waals surface area contributed by atoms with Gasteiger partial charge in [-0.05, 0) is 35.9 Å². The Morgan fingerprint density at radius 3 is 2.19 bits per heavy atom. The smallest absolute Gasteiger partial charge is 0.251 e. The van der Waals surface area contributed by atoms with Crippen LogP contribution in [0.1, 0.15) is 15.9 Å². The van der Waals surface area contributed by atoms with Crippen molar-refractivity contribution in [3.8, 4) is 23.0 Å². The molecule has 3 heterocycles. The van der Waals surface area contributed by atoms with E-state index in [9.17, 15) is 9.59 Å². The van der Waals surface area contributed by atoms with Gasteiger partial charge in [0.1, 0.15) is 0 Å². The Kier molecular flexibility index (Phi) is 5.25. The molecule has 0 unspecified atom stereocenters. The minimum atomic E-state index is -0.312. The van der Waals surface area contributed by atoms with Crippen molar-refractivity contribution >= 4 is 11.8 Å². The van der Waals surface area contributed by atoms with Crippen molar-refractivity contribution in [2.75, 3.05) is 46.3 Å². The fraction of sp³-hybridized carbons (Fsp3) is 0.364. The lowest BCUT2D eigenvalue weighted by Crippen LogP contribution is -2.50. The van der Waals surface area contributed by atoms with Crippen LogP contribution in [0.5, 0.6) is 23.0 Å². The van der Waals surface area contributed by atoms with Gasteiger partial charge in [0.15, 0.2) is 23.0 Å². The van der Waals surface area contributed by atoms with E-state index in [4.69, 9.17) is 18.9 Å². The molecule has 3 aliphatic heterocycles. The number of carbonyl (C=O) groups is 2. The number of piperazine rings is 1.